The number of nitrogens with zero attached hydrogens (tertiary/aromatic N) is 1. The maximum absolute atomic E-state index is 14.1. The van der Waals surface area contributed by atoms with Gasteiger partial charge in [0.2, 0.25) is 0 Å². The fourth-order valence-corrected chi connectivity index (χ4v) is 6.22. The van der Waals surface area contributed by atoms with Crippen LogP contribution in [-0.2, 0) is 22.4 Å². The number of carbonyl (C=O) groups is 4. The number of fused-ring (bicyclic) bond motifs is 3. The molecule has 3 amide bonds. The first-order valence-electron chi connectivity index (χ1n) is 16.1. The fraction of sp³-hybridized carbons (Fsp3) is 0.324. The Labute approximate surface area is 289 Å². The predicted octanol–water partition coefficient (Wildman–Crippen LogP) is 7.01. The lowest BCUT2D eigenvalue weighted by atomic mass is 9.93. The Bertz CT molecular complexity index is 1860. The molecule has 0 saturated heterocycles. The van der Waals surface area contributed by atoms with E-state index < -0.39 is 29.5 Å². The molecular weight excluding hydrogens is 644 g/mol. The minimum absolute atomic E-state index is 0.0572. The molecule has 0 radical (unpaired) electrons. The Morgan fingerprint density at radius 2 is 1.71 bits per heavy atom. The van der Waals surface area contributed by atoms with Gasteiger partial charge in [0.25, 0.3) is 11.8 Å². The highest BCUT2D eigenvalue weighted by Crippen LogP contribution is 2.43. The molecule has 0 atom stereocenters. The molecule has 5 rings (SSSR count). The lowest BCUT2D eigenvalue weighted by Crippen LogP contribution is -2.32. The van der Waals surface area contributed by atoms with Crippen LogP contribution in [0.1, 0.15) is 83.0 Å². The van der Waals surface area contributed by atoms with Crippen molar-refractivity contribution in [1.82, 2.24) is 15.6 Å². The van der Waals surface area contributed by atoms with Crippen molar-refractivity contribution in [2.45, 2.75) is 59.1 Å². The van der Waals surface area contributed by atoms with Crippen molar-refractivity contribution in [3.05, 3.63) is 88.1 Å². The summed E-state index contributed by atoms with van der Waals surface area (Å²) in [6.45, 7) is 8.57. The number of hydrogen-bond acceptors (Lipinski definition) is 9. The molecule has 0 bridgehead atoms. The number of unbranched alkanes of at least 4 members (excludes halogenated alkanes) is 1. The van der Waals surface area contributed by atoms with Crippen LogP contribution in [0.15, 0.2) is 60.0 Å². The van der Waals surface area contributed by atoms with Gasteiger partial charge in [0.05, 0.1) is 13.7 Å². The number of thiophene rings is 1. The number of anilines is 1. The number of rotatable bonds is 10. The van der Waals surface area contributed by atoms with Crippen LogP contribution in [0, 0.1) is 0 Å². The lowest BCUT2D eigenvalue weighted by Gasteiger charge is -2.19. The van der Waals surface area contributed by atoms with Gasteiger partial charge in [0, 0.05) is 52.3 Å². The van der Waals surface area contributed by atoms with E-state index >= 15 is 0 Å². The summed E-state index contributed by atoms with van der Waals surface area (Å²) in [6.07, 6.45) is 1.90. The molecule has 0 fully saturated rings. The van der Waals surface area contributed by atoms with Crippen LogP contribution in [0.5, 0.6) is 5.75 Å². The second-order valence-electron chi connectivity index (χ2n) is 12.5. The van der Waals surface area contributed by atoms with E-state index in [9.17, 15) is 19.2 Å². The van der Waals surface area contributed by atoms with Crippen LogP contribution >= 0.6 is 11.3 Å². The number of aromatic nitrogens is 1. The second kappa shape index (κ2) is 15.3. The molecule has 2 aromatic heterocycles. The fourth-order valence-electron chi connectivity index (χ4n) is 5.24. The zero-order valence-corrected chi connectivity index (χ0v) is 29.0. The predicted molar refractivity (Wildman–Crippen MR) is 188 cm³/mol. The van der Waals surface area contributed by atoms with Crippen molar-refractivity contribution < 1.29 is 33.4 Å². The highest BCUT2D eigenvalue weighted by atomic mass is 32.1. The lowest BCUT2D eigenvalue weighted by molar-refractivity contribution is 0.0522. The Balaban J connectivity index is 1.51. The van der Waals surface area contributed by atoms with Gasteiger partial charge in [0.1, 0.15) is 17.0 Å². The molecule has 4 aromatic rings. The molecule has 0 aliphatic carbocycles. The second-order valence-corrected chi connectivity index (χ2v) is 13.4. The molecule has 2 aromatic carbocycles. The topological polar surface area (TPSA) is 145 Å². The molecule has 0 unspecified atom stereocenters. The van der Waals surface area contributed by atoms with E-state index in [-0.39, 0.29) is 23.5 Å². The Morgan fingerprint density at radius 3 is 2.43 bits per heavy atom. The number of pyridine rings is 1. The number of nitrogens with one attached hydrogen (secondary N) is 3. The number of benzene rings is 2. The van der Waals surface area contributed by atoms with Crippen molar-refractivity contribution >= 4 is 40.9 Å². The van der Waals surface area contributed by atoms with Gasteiger partial charge in [-0.15, -0.1) is 11.3 Å². The van der Waals surface area contributed by atoms with Crippen LogP contribution in [0.3, 0.4) is 0 Å². The van der Waals surface area contributed by atoms with E-state index in [1.54, 1.807) is 74.6 Å². The van der Waals surface area contributed by atoms with E-state index in [1.807, 2.05) is 12.3 Å². The van der Waals surface area contributed by atoms with Gasteiger partial charge in [-0.3, -0.25) is 9.59 Å². The maximum atomic E-state index is 14.1. The van der Waals surface area contributed by atoms with Crippen LogP contribution in [0.2, 0.25) is 0 Å². The number of ether oxygens (including phenoxy) is 3. The number of hydrogen-bond donors (Lipinski definition) is 3. The molecular formula is C37H40N4O7S. The SMILES string of the molecule is CCCCNC(=O)c1ccc(-c2cc3c(cc2C(=O)Nc2ccc(CNC(=O)OC(C)(C)C)cc2)-c2sccc2CCO3)c(C(=O)OC)n1. The van der Waals surface area contributed by atoms with Crippen LogP contribution in [-0.4, -0.2) is 54.7 Å². The van der Waals surface area contributed by atoms with E-state index in [0.717, 1.165) is 34.4 Å². The van der Waals surface area contributed by atoms with Gasteiger partial charge < -0.3 is 30.2 Å². The number of alkyl carbamates (subject to hydrolysis) is 1. The summed E-state index contributed by atoms with van der Waals surface area (Å²) in [5.41, 5.74) is 3.53. The largest absolute Gasteiger partial charge is 0.493 e. The molecule has 11 nitrogen and oxygen atoms in total. The standard InChI is InChI=1S/C37H40N4O7S/c1-6-7-16-38-34(43)29-13-12-25(31(41-29)35(44)46-5)26-20-30-28(32-23(14-17-47-30)15-18-49-32)19-27(26)33(42)40-24-10-8-22(9-11-24)21-39-36(45)48-37(2,3)4/h8-13,15,18-20H,6-7,14,16-17,21H2,1-5H3,(H,38,43)(H,39,45)(H,40,42). The smallest absolute Gasteiger partial charge is 0.407 e. The molecule has 3 N–H and O–H groups in total. The van der Waals surface area contributed by atoms with Gasteiger partial charge >= 0.3 is 12.1 Å². The van der Waals surface area contributed by atoms with Crippen molar-refractivity contribution in [2.24, 2.45) is 0 Å². The molecule has 0 spiro atoms. The minimum atomic E-state index is -0.753. The Morgan fingerprint density at radius 1 is 0.939 bits per heavy atom. The minimum Gasteiger partial charge on any atom is -0.493 e. The van der Waals surface area contributed by atoms with Gasteiger partial charge in [0.15, 0.2) is 5.69 Å². The molecule has 49 heavy (non-hydrogen) atoms. The molecule has 0 saturated carbocycles. The molecule has 1 aliphatic heterocycles. The van der Waals surface area contributed by atoms with Crippen LogP contribution < -0.4 is 20.7 Å². The van der Waals surface area contributed by atoms with Gasteiger partial charge in [-0.25, -0.2) is 14.6 Å². The normalized spacial score (nSPS) is 12.0. The highest BCUT2D eigenvalue weighted by Gasteiger charge is 2.27. The first-order chi connectivity index (χ1) is 23.5. The van der Waals surface area contributed by atoms with E-state index in [4.69, 9.17) is 14.2 Å². The van der Waals surface area contributed by atoms with Gasteiger partial charge in [-0.05, 0) is 86.2 Å². The molecule has 256 valence electrons. The monoisotopic (exact) mass is 684 g/mol. The highest BCUT2D eigenvalue weighted by molar-refractivity contribution is 7.13. The third-order valence-electron chi connectivity index (χ3n) is 7.64. The summed E-state index contributed by atoms with van der Waals surface area (Å²) in [7, 11) is 1.24. The Hall–Kier alpha value is -5.23. The third kappa shape index (κ3) is 8.63. The first-order valence-corrected chi connectivity index (χ1v) is 17.0. The summed E-state index contributed by atoms with van der Waals surface area (Å²) in [4.78, 5) is 57.5. The van der Waals surface area contributed by atoms with Gasteiger partial charge in [-0.1, -0.05) is 25.5 Å². The number of methoxy groups -OCH3 is 1. The molecule has 1 aliphatic rings. The van der Waals surface area contributed by atoms with Crippen molar-refractivity contribution in [3.63, 3.8) is 0 Å². The average Bonchev–Trinajstić information content (AvgIpc) is 3.47. The van der Waals surface area contributed by atoms with Crippen molar-refractivity contribution in [3.8, 4) is 27.3 Å². The summed E-state index contributed by atoms with van der Waals surface area (Å²) in [6, 6.07) is 15.8. The first kappa shape index (κ1) is 35.1. The van der Waals surface area contributed by atoms with E-state index in [2.05, 4.69) is 27.0 Å². The van der Waals surface area contributed by atoms with Crippen LogP contribution in [0.25, 0.3) is 21.6 Å². The molecule has 12 heteroatoms. The summed E-state index contributed by atoms with van der Waals surface area (Å²) >= 11 is 1.56. The maximum Gasteiger partial charge on any atom is 0.407 e. The zero-order chi connectivity index (χ0) is 35.1. The van der Waals surface area contributed by atoms with Gasteiger partial charge in [-0.2, -0.15) is 0 Å². The third-order valence-corrected chi connectivity index (χ3v) is 8.63. The van der Waals surface area contributed by atoms with E-state index in [0.29, 0.717) is 42.1 Å². The summed E-state index contributed by atoms with van der Waals surface area (Å²) in [5.74, 6) is -1.04. The quantitative estimate of drug-likeness (QED) is 0.120. The van der Waals surface area contributed by atoms with E-state index in [1.165, 1.54) is 13.2 Å². The van der Waals surface area contributed by atoms with Crippen molar-refractivity contribution in [2.75, 3.05) is 25.6 Å². The molecule has 3 heterocycles. The zero-order valence-electron chi connectivity index (χ0n) is 28.2. The number of amides is 3. The number of esters is 1. The summed E-state index contributed by atoms with van der Waals surface area (Å²) in [5, 5.41) is 10.5. The Kier molecular flexibility index (Phi) is 11.0. The summed E-state index contributed by atoms with van der Waals surface area (Å²) < 4.78 is 16.5. The van der Waals surface area contributed by atoms with Crippen molar-refractivity contribution in [1.29, 1.82) is 0 Å². The average molecular weight is 685 g/mol. The van der Waals surface area contributed by atoms with Crippen LogP contribution in [0.4, 0.5) is 10.5 Å². The number of carbonyl (C=O) groups excluding carboxylic acids is 4.